The summed E-state index contributed by atoms with van der Waals surface area (Å²) >= 11 is 0. The third-order valence-corrected chi connectivity index (χ3v) is 3.73. The fourth-order valence-corrected chi connectivity index (χ4v) is 2.72. The van der Waals surface area contributed by atoms with Crippen LogP contribution in [-0.4, -0.2) is 19.6 Å². The highest BCUT2D eigenvalue weighted by Crippen LogP contribution is 2.32. The van der Waals surface area contributed by atoms with Gasteiger partial charge in [-0.1, -0.05) is 36.4 Å². The molecule has 3 heterocycles. The van der Waals surface area contributed by atoms with E-state index in [2.05, 4.69) is 15.1 Å². The zero-order valence-electron chi connectivity index (χ0n) is 12.5. The number of aromatic nitrogens is 4. The van der Waals surface area contributed by atoms with E-state index in [1.807, 2.05) is 55.5 Å². The second kappa shape index (κ2) is 5.21. The van der Waals surface area contributed by atoms with Crippen LogP contribution in [0.1, 0.15) is 5.69 Å². The molecular weight excluding hydrogens is 288 g/mol. The molecule has 0 spiro atoms. The van der Waals surface area contributed by atoms with Crippen molar-refractivity contribution in [2.24, 2.45) is 0 Å². The summed E-state index contributed by atoms with van der Waals surface area (Å²) in [5.41, 5.74) is 4.57. The average Bonchev–Trinajstić information content (AvgIpc) is 2.96. The first-order valence-corrected chi connectivity index (χ1v) is 7.33. The Labute approximate surface area is 132 Å². The van der Waals surface area contributed by atoms with Gasteiger partial charge in [0.05, 0.1) is 17.0 Å². The Morgan fingerprint density at radius 1 is 1.04 bits per heavy atom. The molecule has 0 unspecified atom stereocenters. The Balaban J connectivity index is 2.14. The summed E-state index contributed by atoms with van der Waals surface area (Å²) in [6.07, 6.45) is 1.74. The van der Waals surface area contributed by atoms with Gasteiger partial charge in [0.25, 0.3) is 5.56 Å². The fourth-order valence-electron chi connectivity index (χ4n) is 2.72. The van der Waals surface area contributed by atoms with Crippen molar-refractivity contribution < 1.29 is 0 Å². The van der Waals surface area contributed by atoms with E-state index in [4.69, 9.17) is 0 Å². The van der Waals surface area contributed by atoms with E-state index in [1.165, 1.54) is 10.6 Å². The fraction of sp³-hybridized carbons (Fsp3) is 0.0556. The van der Waals surface area contributed by atoms with E-state index in [9.17, 15) is 4.79 Å². The summed E-state index contributed by atoms with van der Waals surface area (Å²) in [6, 6.07) is 17.1. The summed E-state index contributed by atoms with van der Waals surface area (Å²) in [6.45, 7) is 1.82. The molecule has 1 aromatic carbocycles. The third-order valence-electron chi connectivity index (χ3n) is 3.73. The van der Waals surface area contributed by atoms with Gasteiger partial charge in [0.1, 0.15) is 0 Å². The minimum atomic E-state index is -0.133. The molecule has 0 saturated heterocycles. The van der Waals surface area contributed by atoms with E-state index in [0.717, 1.165) is 22.5 Å². The number of H-pyrrole nitrogens is 1. The van der Waals surface area contributed by atoms with Crippen molar-refractivity contribution in [2.75, 3.05) is 0 Å². The van der Waals surface area contributed by atoms with Crippen LogP contribution in [0.15, 0.2) is 65.6 Å². The monoisotopic (exact) mass is 302 g/mol. The van der Waals surface area contributed by atoms with Gasteiger partial charge in [0, 0.05) is 23.5 Å². The molecule has 5 heteroatoms. The molecule has 0 saturated carbocycles. The first-order valence-electron chi connectivity index (χ1n) is 7.33. The number of benzene rings is 1. The van der Waals surface area contributed by atoms with E-state index in [1.54, 1.807) is 6.20 Å². The van der Waals surface area contributed by atoms with Gasteiger partial charge in [-0.05, 0) is 19.1 Å². The SMILES string of the molecule is Cc1cc(=O)n2[nH]c(-c3ccccc3)c(-c3ccccn3)c2n1. The minimum absolute atomic E-state index is 0.133. The summed E-state index contributed by atoms with van der Waals surface area (Å²) in [4.78, 5) is 21.3. The lowest BCUT2D eigenvalue weighted by Gasteiger charge is -2.03. The van der Waals surface area contributed by atoms with Crippen molar-refractivity contribution in [1.29, 1.82) is 0 Å². The predicted molar refractivity (Wildman–Crippen MR) is 89.2 cm³/mol. The Morgan fingerprint density at radius 2 is 1.83 bits per heavy atom. The number of fused-ring (bicyclic) bond motifs is 1. The van der Waals surface area contributed by atoms with Crippen LogP contribution in [-0.2, 0) is 0 Å². The van der Waals surface area contributed by atoms with Crippen LogP contribution < -0.4 is 5.56 Å². The molecule has 0 aliphatic carbocycles. The van der Waals surface area contributed by atoms with Gasteiger partial charge in [-0.15, -0.1) is 0 Å². The number of pyridine rings is 1. The van der Waals surface area contributed by atoms with Crippen LogP contribution >= 0.6 is 0 Å². The Morgan fingerprint density at radius 3 is 2.57 bits per heavy atom. The number of rotatable bonds is 2. The highest BCUT2D eigenvalue weighted by atomic mass is 16.1. The first kappa shape index (κ1) is 13.5. The molecular formula is C18H14N4O. The van der Waals surface area contributed by atoms with E-state index >= 15 is 0 Å². The van der Waals surface area contributed by atoms with E-state index in [0.29, 0.717) is 11.3 Å². The minimum Gasteiger partial charge on any atom is -0.288 e. The summed E-state index contributed by atoms with van der Waals surface area (Å²) in [5.74, 6) is 0. The molecule has 0 fully saturated rings. The zero-order chi connectivity index (χ0) is 15.8. The Kier molecular flexibility index (Phi) is 3.05. The molecule has 0 aliphatic heterocycles. The lowest BCUT2D eigenvalue weighted by Crippen LogP contribution is -2.14. The second-order valence-electron chi connectivity index (χ2n) is 5.34. The van der Waals surface area contributed by atoms with Crippen molar-refractivity contribution in [3.63, 3.8) is 0 Å². The van der Waals surface area contributed by atoms with Crippen LogP contribution in [0, 0.1) is 6.92 Å². The molecule has 0 bridgehead atoms. The number of hydrogen-bond donors (Lipinski definition) is 1. The molecule has 112 valence electrons. The molecule has 4 aromatic rings. The highest BCUT2D eigenvalue weighted by Gasteiger charge is 2.18. The van der Waals surface area contributed by atoms with Crippen LogP contribution in [0.25, 0.3) is 28.2 Å². The summed E-state index contributed by atoms with van der Waals surface area (Å²) in [5, 5.41) is 3.18. The van der Waals surface area contributed by atoms with Crippen molar-refractivity contribution in [2.45, 2.75) is 6.92 Å². The van der Waals surface area contributed by atoms with Gasteiger partial charge in [0.15, 0.2) is 5.65 Å². The number of aryl methyl sites for hydroxylation is 1. The molecule has 0 atom stereocenters. The predicted octanol–water partition coefficient (Wildman–Crippen LogP) is 3.06. The quantitative estimate of drug-likeness (QED) is 0.619. The highest BCUT2D eigenvalue weighted by molar-refractivity contribution is 5.88. The lowest BCUT2D eigenvalue weighted by molar-refractivity contribution is 0.893. The number of nitrogens with zero attached hydrogens (tertiary/aromatic N) is 3. The lowest BCUT2D eigenvalue weighted by atomic mass is 10.1. The Bertz CT molecular complexity index is 1030. The maximum absolute atomic E-state index is 12.3. The van der Waals surface area contributed by atoms with E-state index < -0.39 is 0 Å². The van der Waals surface area contributed by atoms with Gasteiger partial charge in [-0.25, -0.2) is 9.50 Å². The normalized spacial score (nSPS) is 11.0. The second-order valence-corrected chi connectivity index (χ2v) is 5.34. The van der Waals surface area contributed by atoms with Gasteiger partial charge in [-0.3, -0.25) is 14.9 Å². The zero-order valence-corrected chi connectivity index (χ0v) is 12.5. The maximum Gasteiger partial charge on any atom is 0.272 e. The standard InChI is InChI=1S/C18H14N4O/c1-12-11-15(23)22-18(20-12)16(14-9-5-6-10-19-14)17(21-22)13-7-3-2-4-8-13/h2-11,21H,1H3. The van der Waals surface area contributed by atoms with Gasteiger partial charge >= 0.3 is 0 Å². The van der Waals surface area contributed by atoms with Crippen LogP contribution in [0.3, 0.4) is 0 Å². The van der Waals surface area contributed by atoms with Crippen molar-refractivity contribution in [3.05, 3.63) is 76.8 Å². The van der Waals surface area contributed by atoms with Gasteiger partial charge in [0.2, 0.25) is 0 Å². The molecule has 4 rings (SSSR count). The van der Waals surface area contributed by atoms with Crippen LogP contribution in [0.4, 0.5) is 0 Å². The number of aromatic amines is 1. The van der Waals surface area contributed by atoms with Crippen LogP contribution in [0.2, 0.25) is 0 Å². The van der Waals surface area contributed by atoms with E-state index in [-0.39, 0.29) is 5.56 Å². The average molecular weight is 302 g/mol. The molecule has 0 radical (unpaired) electrons. The van der Waals surface area contributed by atoms with Crippen molar-refractivity contribution >= 4 is 5.65 Å². The first-order chi connectivity index (χ1) is 11.2. The molecule has 0 aliphatic rings. The number of nitrogens with one attached hydrogen (secondary N) is 1. The molecule has 0 amide bonds. The van der Waals surface area contributed by atoms with Crippen LogP contribution in [0.5, 0.6) is 0 Å². The topological polar surface area (TPSA) is 63.0 Å². The van der Waals surface area contributed by atoms with Gasteiger partial charge < -0.3 is 0 Å². The molecule has 23 heavy (non-hydrogen) atoms. The molecule has 1 N–H and O–H groups in total. The summed E-state index contributed by atoms with van der Waals surface area (Å²) < 4.78 is 1.47. The van der Waals surface area contributed by atoms with Crippen molar-refractivity contribution in [3.8, 4) is 22.5 Å². The summed E-state index contributed by atoms with van der Waals surface area (Å²) in [7, 11) is 0. The van der Waals surface area contributed by atoms with Gasteiger partial charge in [-0.2, -0.15) is 0 Å². The third kappa shape index (κ3) is 2.23. The Hall–Kier alpha value is -3.21. The smallest absolute Gasteiger partial charge is 0.272 e. The molecule has 5 nitrogen and oxygen atoms in total. The largest absolute Gasteiger partial charge is 0.288 e. The molecule has 3 aromatic heterocycles. The van der Waals surface area contributed by atoms with Crippen molar-refractivity contribution in [1.82, 2.24) is 19.6 Å². The maximum atomic E-state index is 12.3. The number of hydrogen-bond acceptors (Lipinski definition) is 3.